The Kier molecular flexibility index (Phi) is 4.14. The molecule has 0 aliphatic heterocycles. The topological polar surface area (TPSA) is 68.0 Å². The molecule has 0 aliphatic carbocycles. The molecule has 0 unspecified atom stereocenters. The van der Waals surface area contributed by atoms with E-state index in [-0.39, 0.29) is 10.9 Å². The van der Waals surface area contributed by atoms with Crippen molar-refractivity contribution in [2.24, 2.45) is 5.73 Å². The first-order valence-corrected chi connectivity index (χ1v) is 6.91. The zero-order valence-corrected chi connectivity index (χ0v) is 12.3. The van der Waals surface area contributed by atoms with Gasteiger partial charge in [0.05, 0.1) is 16.9 Å². The van der Waals surface area contributed by atoms with Crippen LogP contribution in [0.4, 0.5) is 5.69 Å². The number of thiazole rings is 1. The van der Waals surface area contributed by atoms with Crippen molar-refractivity contribution in [3.63, 3.8) is 0 Å². The number of amides is 1. The summed E-state index contributed by atoms with van der Waals surface area (Å²) in [4.78, 5) is 16.8. The largest absolute Gasteiger partial charge is 0.389 e. The number of aromatic nitrogens is 1. The number of hydrogen-bond donors (Lipinski definition) is 2. The van der Waals surface area contributed by atoms with Crippen LogP contribution >= 0.6 is 35.2 Å². The van der Waals surface area contributed by atoms with Crippen LogP contribution in [0, 0.1) is 6.92 Å². The molecular formula is C12H10ClN3OS2. The fraction of sp³-hybridized carbons (Fsp3) is 0.0833. The minimum Gasteiger partial charge on any atom is -0.389 e. The molecule has 2 aromatic rings. The molecule has 0 spiro atoms. The van der Waals surface area contributed by atoms with Crippen molar-refractivity contribution in [1.82, 2.24) is 4.98 Å². The van der Waals surface area contributed by atoms with Crippen molar-refractivity contribution < 1.29 is 4.79 Å². The van der Waals surface area contributed by atoms with E-state index in [1.165, 1.54) is 17.5 Å². The highest BCUT2D eigenvalue weighted by molar-refractivity contribution is 7.80. The lowest BCUT2D eigenvalue weighted by Crippen LogP contribution is -2.17. The predicted molar refractivity (Wildman–Crippen MR) is 82.1 cm³/mol. The Balaban J connectivity index is 2.30. The first kappa shape index (κ1) is 13.9. The van der Waals surface area contributed by atoms with E-state index in [0.29, 0.717) is 21.2 Å². The number of thiocarbonyl (C=S) groups is 1. The van der Waals surface area contributed by atoms with Crippen LogP contribution < -0.4 is 11.1 Å². The Morgan fingerprint density at radius 2 is 2.26 bits per heavy atom. The molecular weight excluding hydrogens is 302 g/mol. The van der Waals surface area contributed by atoms with Crippen molar-refractivity contribution in [2.45, 2.75) is 6.92 Å². The summed E-state index contributed by atoms with van der Waals surface area (Å²) in [5, 5.41) is 4.06. The van der Waals surface area contributed by atoms with Gasteiger partial charge in [0.15, 0.2) is 0 Å². The van der Waals surface area contributed by atoms with Crippen LogP contribution in [0.3, 0.4) is 0 Å². The molecule has 1 heterocycles. The Bertz CT molecular complexity index is 654. The van der Waals surface area contributed by atoms with Crippen LogP contribution in [-0.4, -0.2) is 15.9 Å². The maximum absolute atomic E-state index is 12.0. The van der Waals surface area contributed by atoms with Gasteiger partial charge in [0.1, 0.15) is 9.87 Å². The van der Waals surface area contributed by atoms with Gasteiger partial charge in [0.25, 0.3) is 5.91 Å². The molecule has 0 atom stereocenters. The molecule has 4 nitrogen and oxygen atoms in total. The molecule has 0 fully saturated rings. The van der Waals surface area contributed by atoms with Crippen molar-refractivity contribution in [3.8, 4) is 0 Å². The van der Waals surface area contributed by atoms with E-state index < -0.39 is 0 Å². The number of hydrogen-bond acceptors (Lipinski definition) is 4. The van der Waals surface area contributed by atoms with Gasteiger partial charge in [0, 0.05) is 10.6 Å². The maximum Gasteiger partial charge on any atom is 0.267 e. The van der Waals surface area contributed by atoms with Gasteiger partial charge in [0.2, 0.25) is 0 Å². The summed E-state index contributed by atoms with van der Waals surface area (Å²) in [7, 11) is 0. The summed E-state index contributed by atoms with van der Waals surface area (Å²) in [6.07, 6.45) is 1.53. The molecule has 7 heteroatoms. The number of benzene rings is 1. The zero-order chi connectivity index (χ0) is 14.0. The first-order valence-electron chi connectivity index (χ1n) is 5.30. The number of rotatable bonds is 3. The fourth-order valence-electron chi connectivity index (χ4n) is 1.49. The highest BCUT2D eigenvalue weighted by Gasteiger charge is 2.13. The first-order chi connectivity index (χ1) is 8.97. The summed E-state index contributed by atoms with van der Waals surface area (Å²) < 4.78 is 0. The predicted octanol–water partition coefficient (Wildman–Crippen LogP) is 2.99. The number of anilines is 1. The average molecular weight is 312 g/mol. The maximum atomic E-state index is 12.0. The highest BCUT2D eigenvalue weighted by Crippen LogP contribution is 2.22. The third kappa shape index (κ3) is 3.28. The van der Waals surface area contributed by atoms with E-state index in [1.54, 1.807) is 18.2 Å². The number of carbonyl (C=O) groups is 1. The van der Waals surface area contributed by atoms with Gasteiger partial charge in [-0.1, -0.05) is 23.8 Å². The molecule has 0 bridgehead atoms. The molecule has 0 aliphatic rings. The summed E-state index contributed by atoms with van der Waals surface area (Å²) in [6, 6.07) is 4.96. The third-order valence-corrected chi connectivity index (χ3v) is 3.71. The normalized spacial score (nSPS) is 10.2. The smallest absolute Gasteiger partial charge is 0.267 e. The second-order valence-corrected chi connectivity index (χ2v) is 5.86. The van der Waals surface area contributed by atoms with Crippen LogP contribution in [0.25, 0.3) is 0 Å². The van der Waals surface area contributed by atoms with Crippen molar-refractivity contribution in [3.05, 3.63) is 44.9 Å². The van der Waals surface area contributed by atoms with Gasteiger partial charge < -0.3 is 11.1 Å². The Hall–Kier alpha value is -1.50. The number of nitrogens with one attached hydrogen (secondary N) is 1. The number of halogens is 1. The van der Waals surface area contributed by atoms with Crippen LogP contribution in [-0.2, 0) is 0 Å². The van der Waals surface area contributed by atoms with Crippen LogP contribution in [0.15, 0.2) is 24.4 Å². The Labute approximate surface area is 124 Å². The molecule has 19 heavy (non-hydrogen) atoms. The Morgan fingerprint density at radius 3 is 2.84 bits per heavy atom. The molecule has 1 amide bonds. The number of aryl methyl sites for hydroxylation is 1. The van der Waals surface area contributed by atoms with Gasteiger partial charge in [-0.15, -0.1) is 11.3 Å². The van der Waals surface area contributed by atoms with Crippen molar-refractivity contribution in [2.75, 3.05) is 5.32 Å². The molecule has 0 saturated carbocycles. The molecule has 1 aromatic heterocycles. The zero-order valence-electron chi connectivity index (χ0n) is 9.94. The van der Waals surface area contributed by atoms with Crippen molar-refractivity contribution >= 4 is 51.7 Å². The summed E-state index contributed by atoms with van der Waals surface area (Å²) in [6.45, 7) is 1.83. The second-order valence-electron chi connectivity index (χ2n) is 3.75. The molecule has 3 N–H and O–H groups in total. The van der Waals surface area contributed by atoms with Crippen LogP contribution in [0.1, 0.15) is 20.2 Å². The van der Waals surface area contributed by atoms with Crippen molar-refractivity contribution in [1.29, 1.82) is 0 Å². The van der Waals surface area contributed by atoms with E-state index >= 15 is 0 Å². The van der Waals surface area contributed by atoms with Crippen LogP contribution in [0.5, 0.6) is 0 Å². The summed E-state index contributed by atoms with van der Waals surface area (Å²) >= 11 is 12.2. The van der Waals surface area contributed by atoms with E-state index in [0.717, 1.165) is 5.01 Å². The quantitative estimate of drug-likeness (QED) is 0.855. The van der Waals surface area contributed by atoms with E-state index in [4.69, 9.17) is 29.6 Å². The minimum atomic E-state index is -0.259. The monoisotopic (exact) mass is 311 g/mol. The van der Waals surface area contributed by atoms with Gasteiger partial charge in [-0.25, -0.2) is 4.98 Å². The lowest BCUT2D eigenvalue weighted by Gasteiger charge is -2.09. The van der Waals surface area contributed by atoms with Gasteiger partial charge in [-0.2, -0.15) is 0 Å². The standard InChI is InChI=1S/C12H10ClN3OS2/c1-6-15-5-10(19-6)12(17)16-9-4-7(13)2-3-8(9)11(14)18/h2-5H,1H3,(H2,14,18)(H,16,17). The van der Waals surface area contributed by atoms with Gasteiger partial charge in [-0.3, -0.25) is 4.79 Å². The SMILES string of the molecule is Cc1ncc(C(=O)Nc2cc(Cl)ccc2C(N)=S)s1. The molecule has 1 aromatic carbocycles. The highest BCUT2D eigenvalue weighted by atomic mass is 35.5. The van der Waals surface area contributed by atoms with Gasteiger partial charge >= 0.3 is 0 Å². The lowest BCUT2D eigenvalue weighted by atomic mass is 10.1. The average Bonchev–Trinajstić information content (AvgIpc) is 2.75. The van der Waals surface area contributed by atoms with E-state index in [2.05, 4.69) is 10.3 Å². The van der Waals surface area contributed by atoms with Crippen LogP contribution in [0.2, 0.25) is 5.02 Å². The molecule has 0 radical (unpaired) electrons. The Morgan fingerprint density at radius 1 is 1.53 bits per heavy atom. The van der Waals surface area contributed by atoms with E-state index in [1.807, 2.05) is 6.92 Å². The van der Waals surface area contributed by atoms with E-state index in [9.17, 15) is 4.79 Å². The number of nitrogens with two attached hydrogens (primary N) is 1. The minimum absolute atomic E-state index is 0.201. The second kappa shape index (κ2) is 5.64. The summed E-state index contributed by atoms with van der Waals surface area (Å²) in [5.41, 5.74) is 6.68. The number of carbonyl (C=O) groups excluding carboxylic acids is 1. The molecule has 2 rings (SSSR count). The van der Waals surface area contributed by atoms with Gasteiger partial charge in [-0.05, 0) is 25.1 Å². The summed E-state index contributed by atoms with van der Waals surface area (Å²) in [5.74, 6) is -0.259. The number of nitrogens with zero attached hydrogens (tertiary/aromatic N) is 1. The third-order valence-electron chi connectivity index (χ3n) is 2.34. The molecule has 98 valence electrons. The lowest BCUT2D eigenvalue weighted by molar-refractivity contribution is 0.103. The fourth-order valence-corrected chi connectivity index (χ4v) is 2.51. The molecule has 0 saturated heterocycles.